The van der Waals surface area contributed by atoms with E-state index < -0.39 is 11.7 Å². The lowest BCUT2D eigenvalue weighted by Gasteiger charge is -2.31. The van der Waals surface area contributed by atoms with Gasteiger partial charge in [0.15, 0.2) is 0 Å². The van der Waals surface area contributed by atoms with Gasteiger partial charge in [-0.05, 0) is 38.9 Å². The number of rotatable bonds is 4. The zero-order valence-corrected chi connectivity index (χ0v) is 16.1. The normalized spacial score (nSPS) is 16.4. The van der Waals surface area contributed by atoms with Crippen molar-refractivity contribution in [2.45, 2.75) is 38.4 Å². The van der Waals surface area contributed by atoms with Crippen LogP contribution in [-0.4, -0.2) is 45.1 Å². The summed E-state index contributed by atoms with van der Waals surface area (Å²) in [6.45, 7) is 3.70. The van der Waals surface area contributed by atoms with E-state index in [1.54, 1.807) is 19.4 Å². The first kappa shape index (κ1) is 19.6. The molecule has 4 heterocycles. The molecule has 3 aromatic rings. The highest BCUT2D eigenvalue weighted by Crippen LogP contribution is 2.40. The van der Waals surface area contributed by atoms with E-state index in [0.29, 0.717) is 31.0 Å². The van der Waals surface area contributed by atoms with Crippen LogP contribution in [0.25, 0.3) is 11.1 Å². The Labute approximate surface area is 165 Å². The summed E-state index contributed by atoms with van der Waals surface area (Å²) in [7, 11) is 1.76. The third-order valence-electron chi connectivity index (χ3n) is 5.22. The van der Waals surface area contributed by atoms with Crippen LogP contribution in [-0.2, 0) is 12.7 Å². The minimum absolute atomic E-state index is 0.00222. The fraction of sp³-hybridized carbons (Fsp3) is 0.474. The fourth-order valence-corrected chi connectivity index (χ4v) is 3.79. The molecule has 0 aromatic carbocycles. The second kappa shape index (κ2) is 7.58. The molecular weight excluding hydrogens is 385 g/mol. The van der Waals surface area contributed by atoms with Gasteiger partial charge in [-0.2, -0.15) is 13.2 Å². The molecular formula is C19H21F3N6O. The van der Waals surface area contributed by atoms with Gasteiger partial charge in [0.25, 0.3) is 5.71 Å². The molecule has 0 aliphatic carbocycles. The summed E-state index contributed by atoms with van der Waals surface area (Å²) in [6, 6.07) is 1.06. The zero-order chi connectivity index (χ0) is 20.6. The van der Waals surface area contributed by atoms with Crippen molar-refractivity contribution < 1.29 is 17.7 Å². The number of aromatic nitrogens is 4. The van der Waals surface area contributed by atoms with Gasteiger partial charge in [0.2, 0.25) is 5.95 Å². The number of hydrogen-bond acceptors (Lipinski definition) is 7. The molecule has 4 rings (SSSR count). The Morgan fingerprint density at radius 3 is 2.52 bits per heavy atom. The molecule has 0 spiro atoms. The predicted octanol–water partition coefficient (Wildman–Crippen LogP) is 3.76. The number of hydrogen-bond donors (Lipinski definition) is 1. The highest BCUT2D eigenvalue weighted by atomic mass is 19.4. The standard InChI is InChI=1S/C19H21F3N6O/c1-11-7-14(19(20,21)22)15-16(27-29-17(15)26-11)13-3-5-28(6-4-13)10-12-8-24-18(23-2)25-9-12/h7-9,13H,3-6,10H2,1-2H3,(H,23,24,25). The molecule has 0 atom stereocenters. The number of likely N-dealkylation sites (tertiary alicyclic amines) is 1. The number of pyridine rings is 1. The van der Waals surface area contributed by atoms with Crippen molar-refractivity contribution in [1.82, 2.24) is 25.0 Å². The zero-order valence-electron chi connectivity index (χ0n) is 16.1. The second-order valence-corrected chi connectivity index (χ2v) is 7.27. The molecule has 1 aliphatic rings. The van der Waals surface area contributed by atoms with Crippen molar-refractivity contribution in [2.24, 2.45) is 0 Å². The summed E-state index contributed by atoms with van der Waals surface area (Å²) in [5, 5.41) is 6.85. The van der Waals surface area contributed by atoms with Crippen LogP contribution >= 0.6 is 0 Å². The molecule has 154 valence electrons. The highest BCUT2D eigenvalue weighted by molar-refractivity contribution is 5.81. The van der Waals surface area contributed by atoms with Gasteiger partial charge in [0.1, 0.15) is 0 Å². The summed E-state index contributed by atoms with van der Waals surface area (Å²) in [6.07, 6.45) is 0.469. The number of anilines is 1. The van der Waals surface area contributed by atoms with E-state index in [1.165, 1.54) is 6.92 Å². The molecule has 0 unspecified atom stereocenters. The van der Waals surface area contributed by atoms with E-state index in [-0.39, 0.29) is 22.7 Å². The van der Waals surface area contributed by atoms with Crippen LogP contribution in [0.4, 0.5) is 19.1 Å². The SMILES string of the molecule is CNc1ncc(CN2CCC(c3noc4nc(C)cc(C(F)(F)F)c34)CC2)cn1. The largest absolute Gasteiger partial charge is 0.417 e. The Balaban J connectivity index is 1.50. The Kier molecular flexibility index (Phi) is 5.12. The summed E-state index contributed by atoms with van der Waals surface area (Å²) >= 11 is 0. The molecule has 3 aromatic heterocycles. The van der Waals surface area contributed by atoms with Gasteiger partial charge >= 0.3 is 6.18 Å². The Bertz CT molecular complexity index is 994. The Morgan fingerprint density at radius 2 is 1.90 bits per heavy atom. The second-order valence-electron chi connectivity index (χ2n) is 7.27. The van der Waals surface area contributed by atoms with Crippen molar-refractivity contribution >= 4 is 17.0 Å². The average molecular weight is 406 g/mol. The first-order valence-electron chi connectivity index (χ1n) is 9.40. The topological polar surface area (TPSA) is 80.0 Å². The lowest BCUT2D eigenvalue weighted by atomic mass is 9.90. The Morgan fingerprint density at radius 1 is 1.21 bits per heavy atom. The molecule has 1 saturated heterocycles. The van der Waals surface area contributed by atoms with E-state index in [1.807, 2.05) is 0 Å². The van der Waals surface area contributed by atoms with Gasteiger partial charge < -0.3 is 9.84 Å². The first-order chi connectivity index (χ1) is 13.8. The van der Waals surface area contributed by atoms with Crippen LogP contribution < -0.4 is 5.32 Å². The van der Waals surface area contributed by atoms with Crippen molar-refractivity contribution in [3.05, 3.63) is 41.0 Å². The maximum absolute atomic E-state index is 13.6. The van der Waals surface area contributed by atoms with Crippen LogP contribution in [0.2, 0.25) is 0 Å². The van der Waals surface area contributed by atoms with Crippen LogP contribution in [0.5, 0.6) is 0 Å². The van der Waals surface area contributed by atoms with Crippen LogP contribution in [0, 0.1) is 6.92 Å². The molecule has 29 heavy (non-hydrogen) atoms. The van der Waals surface area contributed by atoms with Gasteiger partial charge in [0, 0.05) is 43.2 Å². The molecule has 0 amide bonds. The third-order valence-corrected chi connectivity index (χ3v) is 5.22. The minimum Gasteiger partial charge on any atom is -0.357 e. The number of alkyl halides is 3. The lowest BCUT2D eigenvalue weighted by molar-refractivity contribution is -0.136. The van der Waals surface area contributed by atoms with Gasteiger partial charge in [-0.1, -0.05) is 5.16 Å². The highest BCUT2D eigenvalue weighted by Gasteiger charge is 2.37. The summed E-state index contributed by atoms with van der Waals surface area (Å²) in [5.41, 5.74) is 0.848. The molecule has 0 bridgehead atoms. The van der Waals surface area contributed by atoms with E-state index in [2.05, 4.69) is 30.3 Å². The number of halogens is 3. The van der Waals surface area contributed by atoms with E-state index in [9.17, 15) is 13.2 Å². The summed E-state index contributed by atoms with van der Waals surface area (Å²) in [4.78, 5) is 14.7. The van der Waals surface area contributed by atoms with E-state index in [4.69, 9.17) is 4.52 Å². The van der Waals surface area contributed by atoms with Gasteiger partial charge in [-0.3, -0.25) is 4.90 Å². The van der Waals surface area contributed by atoms with Crippen LogP contribution in [0.1, 0.15) is 41.3 Å². The van der Waals surface area contributed by atoms with Crippen molar-refractivity contribution in [1.29, 1.82) is 0 Å². The molecule has 0 radical (unpaired) electrons. The molecule has 0 saturated carbocycles. The van der Waals surface area contributed by atoms with E-state index in [0.717, 1.165) is 24.7 Å². The molecule has 1 aliphatic heterocycles. The van der Waals surface area contributed by atoms with Crippen LogP contribution in [0.15, 0.2) is 23.0 Å². The number of nitrogens with zero attached hydrogens (tertiary/aromatic N) is 5. The first-order valence-corrected chi connectivity index (χ1v) is 9.40. The number of piperidine rings is 1. The third kappa shape index (κ3) is 4.02. The fourth-order valence-electron chi connectivity index (χ4n) is 3.79. The predicted molar refractivity (Wildman–Crippen MR) is 100 cm³/mol. The minimum atomic E-state index is -4.48. The number of nitrogens with one attached hydrogen (secondary N) is 1. The summed E-state index contributed by atoms with van der Waals surface area (Å²) < 4.78 is 45.8. The van der Waals surface area contributed by atoms with Gasteiger partial charge in [-0.25, -0.2) is 15.0 Å². The van der Waals surface area contributed by atoms with Crippen molar-refractivity contribution in [3.63, 3.8) is 0 Å². The molecule has 10 heteroatoms. The molecule has 1 fully saturated rings. The Hall–Kier alpha value is -2.75. The smallest absolute Gasteiger partial charge is 0.357 e. The average Bonchev–Trinajstić information content (AvgIpc) is 3.11. The maximum atomic E-state index is 13.6. The van der Waals surface area contributed by atoms with Gasteiger partial charge in [-0.15, -0.1) is 0 Å². The number of fused-ring (bicyclic) bond motifs is 1. The maximum Gasteiger partial charge on any atom is 0.417 e. The molecule has 7 nitrogen and oxygen atoms in total. The van der Waals surface area contributed by atoms with Crippen LogP contribution in [0.3, 0.4) is 0 Å². The van der Waals surface area contributed by atoms with Crippen molar-refractivity contribution in [3.8, 4) is 0 Å². The lowest BCUT2D eigenvalue weighted by Crippen LogP contribution is -2.32. The summed E-state index contributed by atoms with van der Waals surface area (Å²) in [5.74, 6) is 0.468. The monoisotopic (exact) mass is 406 g/mol. The quantitative estimate of drug-likeness (QED) is 0.707. The van der Waals surface area contributed by atoms with Gasteiger partial charge in [0.05, 0.1) is 16.6 Å². The van der Waals surface area contributed by atoms with Crippen molar-refractivity contribution in [2.75, 3.05) is 25.5 Å². The number of aryl methyl sites for hydroxylation is 1. The molecule has 1 N–H and O–H groups in total. The van der Waals surface area contributed by atoms with E-state index >= 15 is 0 Å².